The minimum Gasteiger partial charge on any atom is -0.619 e. The van der Waals surface area contributed by atoms with Crippen molar-refractivity contribution in [2.45, 2.75) is 37.6 Å². The van der Waals surface area contributed by atoms with E-state index in [0.717, 1.165) is 31.2 Å². The molecule has 1 aliphatic rings. The van der Waals surface area contributed by atoms with Crippen LogP contribution in [0.15, 0.2) is 24.5 Å². The summed E-state index contributed by atoms with van der Waals surface area (Å²) in [6, 6.07) is 3.45. The molecule has 1 fully saturated rings. The number of hydrogen-bond acceptors (Lipinski definition) is 3. The molecule has 1 aromatic heterocycles. The third kappa shape index (κ3) is 3.21. The van der Waals surface area contributed by atoms with Crippen molar-refractivity contribution in [3.05, 3.63) is 35.3 Å². The summed E-state index contributed by atoms with van der Waals surface area (Å²) in [5.74, 6) is -1.70. The highest BCUT2D eigenvalue weighted by atomic mass is 16.5. The smallest absolute Gasteiger partial charge is 0.309 e. The maximum absolute atomic E-state index is 11.5. The Hall–Kier alpha value is -2.11. The number of nitrogens with zero attached hydrogens (tertiary/aromatic N) is 1. The Morgan fingerprint density at radius 1 is 1.32 bits per heavy atom. The molecular weight excluding hydrogens is 246 g/mol. The van der Waals surface area contributed by atoms with Crippen LogP contribution < -0.4 is 15.8 Å². The first kappa shape index (κ1) is 13.3. The van der Waals surface area contributed by atoms with Crippen molar-refractivity contribution in [1.29, 1.82) is 0 Å². The quantitative estimate of drug-likeness (QED) is 0.448. The maximum Gasteiger partial charge on any atom is 0.309 e. The molecule has 0 aromatic carbocycles. The van der Waals surface area contributed by atoms with Crippen molar-refractivity contribution in [3.63, 3.8) is 0 Å². The van der Waals surface area contributed by atoms with Gasteiger partial charge in [0, 0.05) is 17.7 Å². The molecule has 0 bridgehead atoms. The van der Waals surface area contributed by atoms with E-state index in [2.05, 4.69) is 5.32 Å². The Morgan fingerprint density at radius 3 is 2.42 bits per heavy atom. The number of nitrogens with two attached hydrogens (primary N) is 1. The average molecular weight is 263 g/mol. The SMILES string of the molecule is NC(=O)C(=O)NC1(Cc2cc[n+]([O-])cc2)CCCC1. The summed E-state index contributed by atoms with van der Waals surface area (Å²) in [5.41, 5.74) is 5.53. The van der Waals surface area contributed by atoms with Crippen molar-refractivity contribution in [3.8, 4) is 0 Å². The number of carbonyl (C=O) groups excluding carboxylic acids is 2. The maximum atomic E-state index is 11.5. The van der Waals surface area contributed by atoms with Crippen molar-refractivity contribution in [1.82, 2.24) is 5.32 Å². The van der Waals surface area contributed by atoms with Gasteiger partial charge in [0.25, 0.3) is 0 Å². The van der Waals surface area contributed by atoms with E-state index in [-0.39, 0.29) is 0 Å². The lowest BCUT2D eigenvalue weighted by molar-refractivity contribution is -0.605. The molecule has 2 rings (SSSR count). The van der Waals surface area contributed by atoms with Gasteiger partial charge in [0.05, 0.1) is 0 Å². The molecule has 2 amide bonds. The fourth-order valence-electron chi connectivity index (χ4n) is 2.65. The molecule has 0 aliphatic heterocycles. The number of aromatic nitrogens is 1. The molecule has 6 nitrogen and oxygen atoms in total. The van der Waals surface area contributed by atoms with E-state index in [1.165, 1.54) is 12.4 Å². The van der Waals surface area contributed by atoms with E-state index in [1.54, 1.807) is 12.1 Å². The lowest BCUT2D eigenvalue weighted by atomic mass is 9.89. The van der Waals surface area contributed by atoms with Crippen LogP contribution in [0.4, 0.5) is 0 Å². The highest BCUT2D eigenvalue weighted by Gasteiger charge is 2.36. The molecule has 1 heterocycles. The fourth-order valence-corrected chi connectivity index (χ4v) is 2.65. The van der Waals surface area contributed by atoms with Crippen molar-refractivity contribution < 1.29 is 14.3 Å². The third-order valence-corrected chi connectivity index (χ3v) is 3.58. The van der Waals surface area contributed by atoms with Crippen LogP contribution in [0, 0.1) is 5.21 Å². The number of hydrogen-bond donors (Lipinski definition) is 2. The van der Waals surface area contributed by atoms with Crippen LogP contribution >= 0.6 is 0 Å². The molecule has 102 valence electrons. The summed E-state index contributed by atoms with van der Waals surface area (Å²) in [7, 11) is 0. The fraction of sp³-hybridized carbons (Fsp3) is 0.462. The first-order chi connectivity index (χ1) is 9.01. The zero-order valence-corrected chi connectivity index (χ0v) is 10.6. The molecule has 3 N–H and O–H groups in total. The number of carbonyl (C=O) groups is 2. The van der Waals surface area contributed by atoms with Gasteiger partial charge in [-0.3, -0.25) is 9.59 Å². The second-order valence-corrected chi connectivity index (χ2v) is 5.05. The lowest BCUT2D eigenvalue weighted by Crippen LogP contribution is -2.52. The number of rotatable bonds is 3. The van der Waals surface area contributed by atoms with Gasteiger partial charge in [-0.25, -0.2) is 0 Å². The van der Waals surface area contributed by atoms with Crippen molar-refractivity contribution in [2.24, 2.45) is 5.73 Å². The van der Waals surface area contributed by atoms with Gasteiger partial charge in [0.15, 0.2) is 12.4 Å². The van der Waals surface area contributed by atoms with Gasteiger partial charge in [-0.1, -0.05) is 12.8 Å². The molecule has 1 saturated carbocycles. The highest BCUT2D eigenvalue weighted by molar-refractivity contribution is 6.34. The molecule has 1 aliphatic carbocycles. The van der Waals surface area contributed by atoms with Gasteiger partial charge in [0.1, 0.15) is 0 Å². The third-order valence-electron chi connectivity index (χ3n) is 3.58. The lowest BCUT2D eigenvalue weighted by Gasteiger charge is -2.29. The number of primary amides is 1. The predicted molar refractivity (Wildman–Crippen MR) is 67.6 cm³/mol. The van der Waals surface area contributed by atoms with E-state index < -0.39 is 17.4 Å². The number of nitrogens with one attached hydrogen (secondary N) is 1. The molecule has 0 radical (unpaired) electrons. The monoisotopic (exact) mass is 263 g/mol. The normalized spacial score (nSPS) is 17.1. The van der Waals surface area contributed by atoms with Crippen LogP contribution in [0.2, 0.25) is 0 Å². The summed E-state index contributed by atoms with van der Waals surface area (Å²) in [6.45, 7) is 0. The van der Waals surface area contributed by atoms with E-state index in [9.17, 15) is 14.8 Å². The summed E-state index contributed by atoms with van der Waals surface area (Å²) >= 11 is 0. The minimum absolute atomic E-state index is 0.415. The van der Waals surface area contributed by atoms with Crippen molar-refractivity contribution in [2.75, 3.05) is 0 Å². The van der Waals surface area contributed by atoms with E-state index in [4.69, 9.17) is 5.73 Å². The van der Waals surface area contributed by atoms with Crippen LogP contribution in [-0.4, -0.2) is 17.4 Å². The molecule has 0 spiro atoms. The predicted octanol–water partition coefficient (Wildman–Crippen LogP) is -0.223. The molecule has 0 unspecified atom stereocenters. The van der Waals surface area contributed by atoms with Crippen LogP contribution in [0.1, 0.15) is 31.2 Å². The molecule has 6 heteroatoms. The minimum atomic E-state index is -0.961. The van der Waals surface area contributed by atoms with Gasteiger partial charge < -0.3 is 16.3 Å². The van der Waals surface area contributed by atoms with Crippen LogP contribution in [0.25, 0.3) is 0 Å². The van der Waals surface area contributed by atoms with Gasteiger partial charge in [-0.2, -0.15) is 4.73 Å². The van der Waals surface area contributed by atoms with Crippen LogP contribution in [0.5, 0.6) is 0 Å². The number of pyridine rings is 1. The second-order valence-electron chi connectivity index (χ2n) is 5.05. The van der Waals surface area contributed by atoms with Gasteiger partial charge in [-0.15, -0.1) is 0 Å². The average Bonchev–Trinajstić information content (AvgIpc) is 2.80. The van der Waals surface area contributed by atoms with Crippen LogP contribution in [-0.2, 0) is 16.0 Å². The summed E-state index contributed by atoms with van der Waals surface area (Å²) in [6.07, 6.45) is 7.10. The topological polar surface area (TPSA) is 99.1 Å². The van der Waals surface area contributed by atoms with E-state index in [0.29, 0.717) is 11.2 Å². The first-order valence-corrected chi connectivity index (χ1v) is 6.30. The first-order valence-electron chi connectivity index (χ1n) is 6.30. The Balaban J connectivity index is 2.13. The summed E-state index contributed by atoms with van der Waals surface area (Å²) in [4.78, 5) is 22.4. The largest absolute Gasteiger partial charge is 0.619 e. The second kappa shape index (κ2) is 5.26. The van der Waals surface area contributed by atoms with Gasteiger partial charge >= 0.3 is 11.8 Å². The zero-order chi connectivity index (χ0) is 13.9. The Morgan fingerprint density at radius 2 is 1.89 bits per heavy atom. The summed E-state index contributed by atoms with van der Waals surface area (Å²) < 4.78 is 0.715. The Kier molecular flexibility index (Phi) is 3.69. The van der Waals surface area contributed by atoms with Gasteiger partial charge in [-0.05, 0) is 24.8 Å². The molecule has 19 heavy (non-hydrogen) atoms. The molecular formula is C13H17N3O3. The zero-order valence-electron chi connectivity index (χ0n) is 10.6. The van der Waals surface area contributed by atoms with Gasteiger partial charge in [0.2, 0.25) is 0 Å². The van der Waals surface area contributed by atoms with E-state index in [1.807, 2.05) is 0 Å². The molecule has 0 saturated heterocycles. The summed E-state index contributed by atoms with van der Waals surface area (Å²) in [5, 5.41) is 13.7. The standard InChI is InChI=1S/C13H17N3O3/c14-11(17)12(18)15-13(5-1-2-6-13)9-10-3-7-16(19)8-4-10/h3-4,7-8H,1-2,5-6,9H2,(H2,14,17)(H,15,18). The van der Waals surface area contributed by atoms with E-state index >= 15 is 0 Å². The molecule has 1 aromatic rings. The van der Waals surface area contributed by atoms with Crippen molar-refractivity contribution >= 4 is 11.8 Å². The molecule has 0 atom stereocenters. The van der Waals surface area contributed by atoms with Crippen LogP contribution in [0.3, 0.4) is 0 Å². The Bertz CT molecular complexity index is 478. The Labute approximate surface area is 111 Å². The number of amides is 2. The highest BCUT2D eigenvalue weighted by Crippen LogP contribution is 2.32.